The topological polar surface area (TPSA) is 64.7 Å². The Bertz CT molecular complexity index is 959. The normalized spacial score (nSPS) is 12.2. The number of nitrogens with one attached hydrogen (secondary N) is 1. The molecule has 1 unspecified atom stereocenters. The highest BCUT2D eigenvalue weighted by Crippen LogP contribution is 2.20. The van der Waals surface area contributed by atoms with Crippen LogP contribution in [0.15, 0.2) is 36.7 Å². The zero-order chi connectivity index (χ0) is 19.6. The summed E-state index contributed by atoms with van der Waals surface area (Å²) < 4.78 is 3.60. The summed E-state index contributed by atoms with van der Waals surface area (Å²) in [6.45, 7) is 8.84. The smallest absolute Gasteiger partial charge is 0.229 e. The molecule has 0 saturated carbocycles. The number of benzene rings is 1. The van der Waals surface area contributed by atoms with Gasteiger partial charge in [0.25, 0.3) is 0 Å². The van der Waals surface area contributed by atoms with Crippen molar-refractivity contribution < 1.29 is 4.79 Å². The fourth-order valence-corrected chi connectivity index (χ4v) is 3.11. The van der Waals surface area contributed by atoms with Crippen LogP contribution in [0.4, 0.5) is 5.69 Å². The second-order valence-corrected chi connectivity index (χ2v) is 7.35. The minimum absolute atomic E-state index is 0.0752. The lowest BCUT2D eigenvalue weighted by molar-refractivity contribution is -0.119. The molecule has 2 heterocycles. The van der Waals surface area contributed by atoms with Crippen molar-refractivity contribution >= 4 is 23.2 Å². The van der Waals surface area contributed by atoms with Crippen molar-refractivity contribution in [2.45, 2.75) is 40.8 Å². The highest BCUT2D eigenvalue weighted by molar-refractivity contribution is 6.31. The SMILES string of the molecule is Cc1cccc(Cn2cc(NC(=O)C(C)Cn3nc(C)c(Cl)c3C)cn2)c1. The molecule has 0 radical (unpaired) electrons. The van der Waals surface area contributed by atoms with Gasteiger partial charge in [0.2, 0.25) is 5.91 Å². The average Bonchev–Trinajstić information content (AvgIpc) is 3.15. The van der Waals surface area contributed by atoms with Gasteiger partial charge in [-0.25, -0.2) is 0 Å². The molecule has 0 saturated heterocycles. The first-order valence-electron chi connectivity index (χ1n) is 8.92. The Labute approximate surface area is 164 Å². The number of anilines is 1. The molecule has 0 bridgehead atoms. The second kappa shape index (κ2) is 7.96. The van der Waals surface area contributed by atoms with E-state index >= 15 is 0 Å². The van der Waals surface area contributed by atoms with Crippen molar-refractivity contribution in [2.24, 2.45) is 5.92 Å². The third-order valence-electron chi connectivity index (χ3n) is 4.52. The fourth-order valence-electron chi connectivity index (χ4n) is 2.97. The number of halogens is 1. The molecule has 7 heteroatoms. The summed E-state index contributed by atoms with van der Waals surface area (Å²) in [5, 5.41) is 12.3. The molecule has 1 N–H and O–H groups in total. The summed E-state index contributed by atoms with van der Waals surface area (Å²) in [5.74, 6) is -0.326. The van der Waals surface area contributed by atoms with Crippen molar-refractivity contribution in [3.05, 3.63) is 64.2 Å². The molecule has 0 aliphatic rings. The molecular weight excluding hydrogens is 362 g/mol. The van der Waals surface area contributed by atoms with Gasteiger partial charge < -0.3 is 5.32 Å². The van der Waals surface area contributed by atoms with Crippen LogP contribution in [-0.2, 0) is 17.9 Å². The van der Waals surface area contributed by atoms with E-state index in [-0.39, 0.29) is 11.8 Å². The minimum atomic E-state index is -0.251. The van der Waals surface area contributed by atoms with Gasteiger partial charge in [0.1, 0.15) is 0 Å². The Morgan fingerprint density at radius 1 is 1.30 bits per heavy atom. The Morgan fingerprint density at radius 3 is 2.74 bits per heavy atom. The van der Waals surface area contributed by atoms with E-state index in [9.17, 15) is 4.79 Å². The Hall–Kier alpha value is -2.60. The van der Waals surface area contributed by atoms with Crippen LogP contribution in [0, 0.1) is 26.7 Å². The zero-order valence-electron chi connectivity index (χ0n) is 16.0. The highest BCUT2D eigenvalue weighted by atomic mass is 35.5. The zero-order valence-corrected chi connectivity index (χ0v) is 16.8. The lowest BCUT2D eigenvalue weighted by atomic mass is 10.1. The lowest BCUT2D eigenvalue weighted by Gasteiger charge is -2.12. The van der Waals surface area contributed by atoms with E-state index in [0.29, 0.717) is 23.8 Å². The predicted molar refractivity (Wildman–Crippen MR) is 107 cm³/mol. The van der Waals surface area contributed by atoms with Crippen molar-refractivity contribution in [3.63, 3.8) is 0 Å². The number of carbonyl (C=O) groups excluding carboxylic acids is 1. The summed E-state index contributed by atoms with van der Waals surface area (Å²) in [6, 6.07) is 8.29. The number of hydrogen-bond acceptors (Lipinski definition) is 3. The first-order chi connectivity index (χ1) is 12.8. The number of amides is 1. The summed E-state index contributed by atoms with van der Waals surface area (Å²) >= 11 is 6.18. The molecule has 1 atom stereocenters. The van der Waals surface area contributed by atoms with Crippen LogP contribution in [0.2, 0.25) is 5.02 Å². The number of hydrogen-bond donors (Lipinski definition) is 1. The van der Waals surface area contributed by atoms with Crippen LogP contribution >= 0.6 is 11.6 Å². The molecule has 0 fully saturated rings. The minimum Gasteiger partial charge on any atom is -0.323 e. The maximum absolute atomic E-state index is 12.5. The van der Waals surface area contributed by atoms with Crippen molar-refractivity contribution in [2.75, 3.05) is 5.32 Å². The van der Waals surface area contributed by atoms with E-state index in [1.807, 2.05) is 37.7 Å². The molecule has 27 heavy (non-hydrogen) atoms. The molecule has 142 valence electrons. The van der Waals surface area contributed by atoms with Gasteiger partial charge in [0.15, 0.2) is 0 Å². The quantitative estimate of drug-likeness (QED) is 0.697. The maximum atomic E-state index is 12.5. The first-order valence-corrected chi connectivity index (χ1v) is 9.29. The molecule has 3 rings (SSSR count). The molecule has 1 aromatic carbocycles. The van der Waals surface area contributed by atoms with Crippen LogP contribution in [0.1, 0.15) is 29.4 Å². The van der Waals surface area contributed by atoms with Gasteiger partial charge in [-0.3, -0.25) is 14.2 Å². The van der Waals surface area contributed by atoms with E-state index in [4.69, 9.17) is 11.6 Å². The maximum Gasteiger partial charge on any atom is 0.229 e. The van der Waals surface area contributed by atoms with Crippen molar-refractivity contribution in [1.29, 1.82) is 0 Å². The van der Waals surface area contributed by atoms with Crippen LogP contribution < -0.4 is 5.32 Å². The number of rotatable bonds is 6. The first kappa shape index (κ1) is 19.2. The van der Waals surface area contributed by atoms with E-state index in [2.05, 4.69) is 40.6 Å². The number of carbonyl (C=O) groups is 1. The summed E-state index contributed by atoms with van der Waals surface area (Å²) in [6.07, 6.45) is 3.51. The van der Waals surface area contributed by atoms with Gasteiger partial charge in [-0.15, -0.1) is 0 Å². The predicted octanol–water partition coefficient (Wildman–Crippen LogP) is 3.98. The third kappa shape index (κ3) is 4.57. The molecule has 0 aliphatic carbocycles. The standard InChI is InChI=1S/C20H24ClN5O/c1-13-6-5-7-17(8-13)11-25-12-18(9-22-25)23-20(27)14(2)10-26-16(4)19(21)15(3)24-26/h5-9,12,14H,10-11H2,1-4H3,(H,23,27). The van der Waals surface area contributed by atoms with Gasteiger partial charge in [0, 0.05) is 6.20 Å². The largest absolute Gasteiger partial charge is 0.323 e. The Kier molecular flexibility index (Phi) is 5.65. The van der Waals surface area contributed by atoms with E-state index in [1.54, 1.807) is 10.9 Å². The Morgan fingerprint density at radius 2 is 2.07 bits per heavy atom. The van der Waals surface area contributed by atoms with Crippen molar-refractivity contribution in [3.8, 4) is 0 Å². The van der Waals surface area contributed by atoms with Crippen LogP contribution in [0.5, 0.6) is 0 Å². The molecule has 2 aromatic heterocycles. The van der Waals surface area contributed by atoms with E-state index in [0.717, 1.165) is 11.4 Å². The molecule has 3 aromatic rings. The summed E-state index contributed by atoms with van der Waals surface area (Å²) in [4.78, 5) is 12.5. The van der Waals surface area contributed by atoms with Crippen LogP contribution in [-0.4, -0.2) is 25.5 Å². The van der Waals surface area contributed by atoms with Gasteiger partial charge in [-0.05, 0) is 26.3 Å². The third-order valence-corrected chi connectivity index (χ3v) is 5.06. The Balaban J connectivity index is 1.60. The average molecular weight is 386 g/mol. The number of nitrogens with zero attached hydrogens (tertiary/aromatic N) is 4. The number of aromatic nitrogens is 4. The molecule has 0 spiro atoms. The van der Waals surface area contributed by atoms with Crippen molar-refractivity contribution in [1.82, 2.24) is 19.6 Å². The second-order valence-electron chi connectivity index (χ2n) is 6.97. The molecule has 0 aliphatic heterocycles. The van der Waals surface area contributed by atoms with Crippen LogP contribution in [0.3, 0.4) is 0 Å². The summed E-state index contributed by atoms with van der Waals surface area (Å²) in [5.41, 5.74) is 4.72. The monoisotopic (exact) mass is 385 g/mol. The number of aryl methyl sites for hydroxylation is 2. The van der Waals surface area contributed by atoms with Gasteiger partial charge >= 0.3 is 0 Å². The van der Waals surface area contributed by atoms with Gasteiger partial charge in [0.05, 0.1) is 47.3 Å². The molecular formula is C20H24ClN5O. The van der Waals surface area contributed by atoms with Gasteiger partial charge in [-0.1, -0.05) is 48.4 Å². The van der Waals surface area contributed by atoms with E-state index in [1.165, 1.54) is 11.1 Å². The molecule has 6 nitrogen and oxygen atoms in total. The summed E-state index contributed by atoms with van der Waals surface area (Å²) in [7, 11) is 0. The lowest BCUT2D eigenvalue weighted by Crippen LogP contribution is -2.25. The molecule has 1 amide bonds. The van der Waals surface area contributed by atoms with E-state index < -0.39 is 0 Å². The van der Waals surface area contributed by atoms with Crippen LogP contribution in [0.25, 0.3) is 0 Å². The highest BCUT2D eigenvalue weighted by Gasteiger charge is 2.18. The fraction of sp³-hybridized carbons (Fsp3) is 0.350. The van der Waals surface area contributed by atoms with Gasteiger partial charge in [-0.2, -0.15) is 10.2 Å².